The maximum atomic E-state index is 12.8. The number of imide groups is 1. The van der Waals surface area contributed by atoms with Crippen molar-refractivity contribution in [2.24, 2.45) is 5.92 Å². The summed E-state index contributed by atoms with van der Waals surface area (Å²) in [5.41, 5.74) is 0.0308. The van der Waals surface area contributed by atoms with Crippen LogP contribution >= 0.6 is 27.5 Å². The topological polar surface area (TPSA) is 40.6 Å². The third-order valence-corrected chi connectivity index (χ3v) is 6.33. The third kappa shape index (κ3) is 2.02. The standard InChI is InChI=1S/C17H18BrClN2O2/c1-16(2,12-4-3-11(18)5-13(12)19)9-20-14(22)17-6-10(7-17)8-21(17)15(20)23/h3-5,10H,6-9H2,1-2H3. The second-order valence-corrected chi connectivity index (χ2v) is 8.92. The minimum Gasteiger partial charge on any atom is -0.309 e. The summed E-state index contributed by atoms with van der Waals surface area (Å²) < 4.78 is 0.912. The molecule has 122 valence electrons. The van der Waals surface area contributed by atoms with Gasteiger partial charge in [0.1, 0.15) is 5.54 Å². The molecule has 1 saturated carbocycles. The van der Waals surface area contributed by atoms with Gasteiger partial charge in [-0.15, -0.1) is 0 Å². The van der Waals surface area contributed by atoms with Gasteiger partial charge in [-0.1, -0.05) is 47.4 Å². The van der Waals surface area contributed by atoms with E-state index in [2.05, 4.69) is 15.9 Å². The first kappa shape index (κ1) is 15.5. The van der Waals surface area contributed by atoms with Crippen LogP contribution in [0.15, 0.2) is 22.7 Å². The van der Waals surface area contributed by atoms with Gasteiger partial charge in [0.15, 0.2) is 0 Å². The second kappa shape index (κ2) is 4.73. The van der Waals surface area contributed by atoms with Gasteiger partial charge in [0.2, 0.25) is 0 Å². The van der Waals surface area contributed by atoms with Crippen LogP contribution in [0.1, 0.15) is 32.3 Å². The van der Waals surface area contributed by atoms with Crippen LogP contribution in [0.5, 0.6) is 0 Å². The molecule has 4 nitrogen and oxygen atoms in total. The fourth-order valence-electron chi connectivity index (χ4n) is 4.37. The maximum Gasteiger partial charge on any atom is 0.327 e. The van der Waals surface area contributed by atoms with Gasteiger partial charge in [0.25, 0.3) is 5.91 Å². The van der Waals surface area contributed by atoms with Crippen LogP contribution < -0.4 is 0 Å². The molecule has 0 N–H and O–H groups in total. The third-order valence-electron chi connectivity index (χ3n) is 5.53. The lowest BCUT2D eigenvalue weighted by molar-refractivity contribution is -0.135. The van der Waals surface area contributed by atoms with Crippen LogP contribution in [0.3, 0.4) is 0 Å². The van der Waals surface area contributed by atoms with Gasteiger partial charge in [0, 0.05) is 28.0 Å². The summed E-state index contributed by atoms with van der Waals surface area (Å²) in [6, 6.07) is 5.61. The zero-order valence-electron chi connectivity index (χ0n) is 13.1. The molecule has 3 saturated heterocycles. The Morgan fingerprint density at radius 2 is 2.04 bits per heavy atom. The van der Waals surface area contributed by atoms with Crippen molar-refractivity contribution in [1.29, 1.82) is 0 Å². The van der Waals surface area contributed by atoms with Gasteiger partial charge in [-0.05, 0) is 36.5 Å². The Hall–Kier alpha value is -1.07. The molecule has 3 amide bonds. The van der Waals surface area contributed by atoms with E-state index >= 15 is 0 Å². The summed E-state index contributed by atoms with van der Waals surface area (Å²) in [7, 11) is 0. The number of nitrogens with zero attached hydrogens (tertiary/aromatic N) is 2. The van der Waals surface area contributed by atoms with E-state index in [0.29, 0.717) is 17.5 Å². The van der Waals surface area contributed by atoms with Crippen molar-refractivity contribution in [2.75, 3.05) is 13.1 Å². The summed E-state index contributed by atoms with van der Waals surface area (Å²) in [6.07, 6.45) is 1.68. The van der Waals surface area contributed by atoms with Gasteiger partial charge in [-0.3, -0.25) is 9.69 Å². The lowest BCUT2D eigenvalue weighted by Crippen LogP contribution is -2.50. The predicted molar refractivity (Wildman–Crippen MR) is 91.4 cm³/mol. The molecule has 2 bridgehead atoms. The minimum absolute atomic E-state index is 0.0161. The Morgan fingerprint density at radius 3 is 2.65 bits per heavy atom. The average Bonchev–Trinajstić information content (AvgIpc) is 3.03. The summed E-state index contributed by atoms with van der Waals surface area (Å²) in [6.45, 7) is 5.14. The molecule has 0 aromatic heterocycles. The van der Waals surface area contributed by atoms with E-state index in [4.69, 9.17) is 11.6 Å². The van der Waals surface area contributed by atoms with Gasteiger partial charge in [-0.2, -0.15) is 0 Å². The van der Waals surface area contributed by atoms with E-state index in [0.717, 1.165) is 29.4 Å². The number of hydrogen-bond donors (Lipinski definition) is 0. The molecule has 23 heavy (non-hydrogen) atoms. The number of benzene rings is 1. The van der Waals surface area contributed by atoms with E-state index in [9.17, 15) is 9.59 Å². The highest BCUT2D eigenvalue weighted by Gasteiger charge is 2.69. The second-order valence-electron chi connectivity index (χ2n) is 7.60. The van der Waals surface area contributed by atoms with Crippen LogP contribution in [0.4, 0.5) is 4.79 Å². The van der Waals surface area contributed by atoms with E-state index in [-0.39, 0.29) is 11.9 Å². The highest BCUT2D eigenvalue weighted by Crippen LogP contribution is 2.55. The van der Waals surface area contributed by atoms with Gasteiger partial charge in [-0.25, -0.2) is 4.79 Å². The molecule has 4 fully saturated rings. The normalized spacial score (nSPS) is 29.1. The first-order chi connectivity index (χ1) is 10.7. The Kier molecular flexibility index (Phi) is 3.18. The van der Waals surface area contributed by atoms with Gasteiger partial charge in [0.05, 0.1) is 0 Å². The number of halogens is 2. The quantitative estimate of drug-likeness (QED) is 0.728. The highest BCUT2D eigenvalue weighted by molar-refractivity contribution is 9.10. The molecular weight excluding hydrogens is 380 g/mol. The van der Waals surface area contributed by atoms with Crippen molar-refractivity contribution in [3.63, 3.8) is 0 Å². The van der Waals surface area contributed by atoms with Crippen molar-refractivity contribution in [3.8, 4) is 0 Å². The van der Waals surface area contributed by atoms with Crippen LogP contribution in [0.25, 0.3) is 0 Å². The fraction of sp³-hybridized carbons (Fsp3) is 0.529. The molecule has 3 aliphatic heterocycles. The van der Waals surface area contributed by atoms with Gasteiger partial charge < -0.3 is 4.90 Å². The molecule has 1 aliphatic carbocycles. The van der Waals surface area contributed by atoms with Crippen molar-refractivity contribution in [3.05, 3.63) is 33.3 Å². The van der Waals surface area contributed by atoms with Crippen LogP contribution in [-0.2, 0) is 10.2 Å². The Bertz CT molecular complexity index is 725. The summed E-state index contributed by atoms with van der Waals surface area (Å²) in [5, 5.41) is 0.644. The fourth-order valence-corrected chi connectivity index (χ4v) is 5.30. The minimum atomic E-state index is -0.513. The monoisotopic (exact) mass is 396 g/mol. The maximum absolute atomic E-state index is 12.8. The Balaban J connectivity index is 1.62. The van der Waals surface area contributed by atoms with Gasteiger partial charge >= 0.3 is 6.03 Å². The van der Waals surface area contributed by atoms with E-state index in [1.807, 2.05) is 32.0 Å². The zero-order chi connectivity index (χ0) is 16.6. The smallest absolute Gasteiger partial charge is 0.309 e. The molecule has 5 rings (SSSR count). The summed E-state index contributed by atoms with van der Waals surface area (Å²) in [4.78, 5) is 28.7. The number of rotatable bonds is 3. The molecule has 0 unspecified atom stereocenters. The van der Waals surface area contributed by atoms with Crippen LogP contribution in [-0.4, -0.2) is 40.4 Å². The highest BCUT2D eigenvalue weighted by atomic mass is 79.9. The largest absolute Gasteiger partial charge is 0.327 e. The predicted octanol–water partition coefficient (Wildman–Crippen LogP) is 3.81. The number of carbonyl (C=O) groups is 2. The number of urea groups is 1. The van der Waals surface area contributed by atoms with Crippen LogP contribution in [0.2, 0.25) is 5.02 Å². The average molecular weight is 398 g/mol. The Morgan fingerprint density at radius 1 is 1.35 bits per heavy atom. The van der Waals surface area contributed by atoms with Crippen molar-refractivity contribution in [1.82, 2.24) is 9.80 Å². The van der Waals surface area contributed by atoms with E-state index < -0.39 is 11.0 Å². The van der Waals surface area contributed by atoms with Crippen molar-refractivity contribution >= 4 is 39.5 Å². The zero-order valence-corrected chi connectivity index (χ0v) is 15.4. The van der Waals surface area contributed by atoms with E-state index in [1.165, 1.54) is 4.90 Å². The molecule has 1 spiro atoms. The molecular formula is C17H18BrClN2O2. The molecule has 3 heterocycles. The molecule has 0 atom stereocenters. The van der Waals surface area contributed by atoms with E-state index in [1.54, 1.807) is 4.90 Å². The summed E-state index contributed by atoms with van der Waals surface area (Å²) >= 11 is 9.78. The molecule has 6 heteroatoms. The molecule has 4 aliphatic rings. The summed E-state index contributed by atoms with van der Waals surface area (Å²) in [5.74, 6) is 0.511. The number of amides is 3. The lowest BCUT2D eigenvalue weighted by Gasteiger charge is -2.35. The SMILES string of the molecule is CC(C)(CN1C(=O)N2CC3CC2(C3)C1=O)c1ccc(Br)cc1Cl. The van der Waals surface area contributed by atoms with Crippen LogP contribution in [0, 0.1) is 5.92 Å². The lowest BCUT2D eigenvalue weighted by atomic mass is 9.73. The molecule has 0 radical (unpaired) electrons. The van der Waals surface area contributed by atoms with Crippen molar-refractivity contribution in [2.45, 2.75) is 37.6 Å². The molecule has 1 aromatic rings. The first-order valence-corrected chi connectivity index (χ1v) is 9.01. The first-order valence-electron chi connectivity index (χ1n) is 7.84. The Labute approximate surface area is 148 Å². The molecule has 1 aromatic carbocycles. The number of carbonyl (C=O) groups excluding carboxylic acids is 2. The van der Waals surface area contributed by atoms with Crippen molar-refractivity contribution < 1.29 is 9.59 Å². The number of hydrogen-bond acceptors (Lipinski definition) is 2.